The van der Waals surface area contributed by atoms with Crippen LogP contribution in [0.1, 0.15) is 17.3 Å². The van der Waals surface area contributed by atoms with E-state index in [0.29, 0.717) is 0 Å². The fourth-order valence-electron chi connectivity index (χ4n) is 6.50. The second-order valence-corrected chi connectivity index (χ2v) is 11.4. The first-order valence-electron chi connectivity index (χ1n) is 15.2. The number of nitrogens with zero attached hydrogens (tertiary/aromatic N) is 4. The van der Waals surface area contributed by atoms with Crippen LogP contribution in [0.4, 0.5) is 0 Å². The van der Waals surface area contributed by atoms with Crippen molar-refractivity contribution in [2.75, 3.05) is 7.05 Å². The van der Waals surface area contributed by atoms with E-state index in [-0.39, 0.29) is 6.04 Å². The van der Waals surface area contributed by atoms with Gasteiger partial charge in [0, 0.05) is 37.4 Å². The summed E-state index contributed by atoms with van der Waals surface area (Å²) in [6.45, 7) is 0. The van der Waals surface area contributed by atoms with Crippen molar-refractivity contribution >= 4 is 27.1 Å². The maximum Gasteiger partial charge on any atom is 0.0891 e. The van der Waals surface area contributed by atoms with E-state index in [4.69, 9.17) is 4.98 Å². The standard InChI is InChI=1S/C41H30N4/c1-45-27-31(19-22-39(45)38-16-8-10-24-43-38)41-33-14-6-5-13-32(33)40(30-18-21-37(44-26-30)36-15-7-9-23-42-36)34-20-17-29(25-35(34)41)28-11-3-2-4-12-28/h2-27,39H,1H3. The van der Waals surface area contributed by atoms with Crippen molar-refractivity contribution in [2.24, 2.45) is 0 Å². The van der Waals surface area contributed by atoms with Crippen LogP contribution in [-0.4, -0.2) is 26.9 Å². The lowest BCUT2D eigenvalue weighted by Crippen LogP contribution is -2.21. The van der Waals surface area contributed by atoms with Crippen LogP contribution in [0.3, 0.4) is 0 Å². The molecule has 7 aromatic rings. The van der Waals surface area contributed by atoms with Crippen molar-refractivity contribution < 1.29 is 0 Å². The summed E-state index contributed by atoms with van der Waals surface area (Å²) in [7, 11) is 2.13. The van der Waals surface area contributed by atoms with Gasteiger partial charge in [-0.15, -0.1) is 0 Å². The Morgan fingerprint density at radius 3 is 1.93 bits per heavy atom. The molecule has 0 fully saturated rings. The number of benzene rings is 4. The molecule has 1 aliphatic heterocycles. The third kappa shape index (κ3) is 4.87. The Balaban J connectivity index is 1.36. The molecule has 1 unspecified atom stereocenters. The minimum absolute atomic E-state index is 0.0790. The molecule has 4 heteroatoms. The van der Waals surface area contributed by atoms with Crippen LogP contribution in [0.2, 0.25) is 0 Å². The monoisotopic (exact) mass is 578 g/mol. The molecular weight excluding hydrogens is 548 g/mol. The summed E-state index contributed by atoms with van der Waals surface area (Å²) in [6, 6.07) is 42.6. The van der Waals surface area contributed by atoms with Gasteiger partial charge in [0.25, 0.3) is 0 Å². The fraction of sp³-hybridized carbons (Fsp3) is 0.0488. The van der Waals surface area contributed by atoms with Gasteiger partial charge in [-0.2, -0.15) is 0 Å². The third-order valence-electron chi connectivity index (χ3n) is 8.63. The molecule has 1 atom stereocenters. The third-order valence-corrected chi connectivity index (χ3v) is 8.63. The number of aromatic nitrogens is 3. The van der Waals surface area contributed by atoms with Crippen molar-refractivity contribution in [3.8, 4) is 33.6 Å². The fourth-order valence-corrected chi connectivity index (χ4v) is 6.50. The average molecular weight is 579 g/mol. The molecule has 0 saturated carbocycles. The topological polar surface area (TPSA) is 41.9 Å². The highest BCUT2D eigenvalue weighted by atomic mass is 15.1. The van der Waals surface area contributed by atoms with Crippen LogP contribution in [-0.2, 0) is 0 Å². The number of hydrogen-bond donors (Lipinski definition) is 0. The molecule has 0 bridgehead atoms. The largest absolute Gasteiger partial charge is 0.368 e. The van der Waals surface area contributed by atoms with Gasteiger partial charge >= 0.3 is 0 Å². The van der Waals surface area contributed by atoms with E-state index >= 15 is 0 Å². The molecule has 4 heterocycles. The highest BCUT2D eigenvalue weighted by molar-refractivity contribution is 6.20. The van der Waals surface area contributed by atoms with Crippen molar-refractivity contribution in [1.29, 1.82) is 0 Å². The molecule has 45 heavy (non-hydrogen) atoms. The first-order chi connectivity index (χ1) is 22.2. The van der Waals surface area contributed by atoms with Crippen molar-refractivity contribution in [3.63, 3.8) is 0 Å². The number of pyridine rings is 3. The molecule has 0 N–H and O–H groups in total. The average Bonchev–Trinajstić information content (AvgIpc) is 3.11. The lowest BCUT2D eigenvalue weighted by atomic mass is 9.84. The summed E-state index contributed by atoms with van der Waals surface area (Å²) in [5.74, 6) is 0. The van der Waals surface area contributed by atoms with Gasteiger partial charge < -0.3 is 4.90 Å². The lowest BCUT2D eigenvalue weighted by Gasteiger charge is -2.29. The summed E-state index contributed by atoms with van der Waals surface area (Å²) in [4.78, 5) is 16.3. The van der Waals surface area contributed by atoms with Crippen LogP contribution in [0.25, 0.3) is 60.8 Å². The Labute approximate surface area is 262 Å². The molecule has 8 rings (SSSR count). The van der Waals surface area contributed by atoms with E-state index in [1.54, 1.807) is 6.20 Å². The molecule has 0 amide bonds. The number of allylic oxidation sites excluding steroid dienone is 2. The Morgan fingerprint density at radius 2 is 1.22 bits per heavy atom. The number of rotatable bonds is 5. The predicted octanol–water partition coefficient (Wildman–Crippen LogP) is 9.76. The molecular formula is C41H30N4. The molecule has 0 saturated heterocycles. The summed E-state index contributed by atoms with van der Waals surface area (Å²) in [6.07, 6.45) is 12.4. The summed E-state index contributed by atoms with van der Waals surface area (Å²) >= 11 is 0. The number of likely N-dealkylation sites (N-methyl/N-ethyl adjacent to an activating group) is 1. The van der Waals surface area contributed by atoms with E-state index in [9.17, 15) is 0 Å². The van der Waals surface area contributed by atoms with Crippen LogP contribution in [0.5, 0.6) is 0 Å². The van der Waals surface area contributed by atoms with E-state index in [0.717, 1.165) is 22.6 Å². The number of fused-ring (bicyclic) bond motifs is 2. The second kappa shape index (κ2) is 11.3. The van der Waals surface area contributed by atoms with Gasteiger partial charge in [-0.25, -0.2) is 0 Å². The Hall–Kier alpha value is -5.87. The van der Waals surface area contributed by atoms with Crippen molar-refractivity contribution in [3.05, 3.63) is 170 Å². The van der Waals surface area contributed by atoms with Gasteiger partial charge in [0.05, 0.1) is 23.1 Å². The molecule has 214 valence electrons. The molecule has 0 radical (unpaired) electrons. The molecule has 4 aromatic carbocycles. The predicted molar refractivity (Wildman–Crippen MR) is 185 cm³/mol. The second-order valence-electron chi connectivity index (χ2n) is 11.4. The van der Waals surface area contributed by atoms with Gasteiger partial charge in [-0.1, -0.05) is 97.1 Å². The highest BCUT2D eigenvalue weighted by Crippen LogP contribution is 2.44. The van der Waals surface area contributed by atoms with Crippen LogP contribution >= 0.6 is 0 Å². The SMILES string of the molecule is CN1C=C(c2c3ccccc3c(-c3ccc(-c4ccccn4)nc3)c3ccc(-c4ccccc4)cc23)C=CC1c1ccccn1. The zero-order valence-corrected chi connectivity index (χ0v) is 24.9. The zero-order valence-electron chi connectivity index (χ0n) is 24.9. The molecule has 4 nitrogen and oxygen atoms in total. The van der Waals surface area contributed by atoms with Crippen LogP contribution < -0.4 is 0 Å². The van der Waals surface area contributed by atoms with Crippen LogP contribution in [0.15, 0.2) is 158 Å². The first kappa shape index (κ1) is 26.7. The summed E-state index contributed by atoms with van der Waals surface area (Å²) in [5.41, 5.74) is 9.80. The van der Waals surface area contributed by atoms with Crippen molar-refractivity contribution in [2.45, 2.75) is 6.04 Å². The smallest absolute Gasteiger partial charge is 0.0891 e. The van der Waals surface area contributed by atoms with Crippen LogP contribution in [0, 0.1) is 0 Å². The molecule has 1 aliphatic rings. The van der Waals surface area contributed by atoms with Gasteiger partial charge in [0.1, 0.15) is 0 Å². The van der Waals surface area contributed by atoms with E-state index in [2.05, 4.69) is 131 Å². The van der Waals surface area contributed by atoms with Crippen molar-refractivity contribution in [1.82, 2.24) is 19.9 Å². The minimum Gasteiger partial charge on any atom is -0.368 e. The Bertz CT molecular complexity index is 2200. The van der Waals surface area contributed by atoms with Gasteiger partial charge in [0.2, 0.25) is 0 Å². The lowest BCUT2D eigenvalue weighted by molar-refractivity contribution is 0.385. The minimum atomic E-state index is 0.0790. The Morgan fingerprint density at radius 1 is 0.533 bits per heavy atom. The summed E-state index contributed by atoms with van der Waals surface area (Å²) < 4.78 is 0. The quantitative estimate of drug-likeness (QED) is 0.191. The van der Waals surface area contributed by atoms with Gasteiger partial charge in [-0.05, 0) is 85.8 Å². The molecule has 0 spiro atoms. The van der Waals surface area contributed by atoms with E-state index in [1.165, 1.54) is 49.4 Å². The summed E-state index contributed by atoms with van der Waals surface area (Å²) in [5, 5.41) is 4.81. The van der Waals surface area contributed by atoms with Gasteiger partial charge in [-0.3, -0.25) is 15.0 Å². The van der Waals surface area contributed by atoms with E-state index in [1.807, 2.05) is 42.7 Å². The normalized spacial score (nSPS) is 14.6. The molecule has 3 aromatic heterocycles. The number of hydrogen-bond acceptors (Lipinski definition) is 4. The van der Waals surface area contributed by atoms with E-state index < -0.39 is 0 Å². The molecule has 0 aliphatic carbocycles. The highest BCUT2D eigenvalue weighted by Gasteiger charge is 2.22. The van der Waals surface area contributed by atoms with Gasteiger partial charge in [0.15, 0.2) is 0 Å². The maximum absolute atomic E-state index is 4.87. The zero-order chi connectivity index (χ0) is 30.2. The maximum atomic E-state index is 4.87. The first-order valence-corrected chi connectivity index (χ1v) is 15.2. The Kier molecular flexibility index (Phi) is 6.73.